The van der Waals surface area contributed by atoms with E-state index in [2.05, 4.69) is 23.5 Å². The zero-order chi connectivity index (χ0) is 31.4. The van der Waals surface area contributed by atoms with E-state index in [1.54, 1.807) is 6.07 Å². The third-order valence-corrected chi connectivity index (χ3v) is 6.49. The van der Waals surface area contributed by atoms with Crippen LogP contribution in [0.15, 0.2) is 72.8 Å². The fourth-order valence-electron chi connectivity index (χ4n) is 4.29. The van der Waals surface area contributed by atoms with E-state index in [1.165, 1.54) is 17.7 Å². The lowest BCUT2D eigenvalue weighted by Crippen LogP contribution is -2.24. The molecule has 224 valence electrons. The Hall–Kier alpha value is -4.39. The number of ether oxygens (including phenoxy) is 1. The Labute approximate surface area is 241 Å². The minimum absolute atomic E-state index is 0.0237. The molecular weight excluding hydrogens is 583 g/mol. The van der Waals surface area contributed by atoms with Crippen LogP contribution < -0.4 is 4.74 Å². The number of benzene rings is 4. The SMILES string of the molecule is CCCCCc1ccc(-c2ccc(C#Cc3ccc(C(F)(F)Oc4cc(F)c(C(F)(F)F)c(F)c4)c(F)c3)c(F)c2)cc1. The number of halogens is 9. The van der Waals surface area contributed by atoms with Crippen LogP contribution in [0, 0.1) is 35.1 Å². The second-order valence-corrected chi connectivity index (χ2v) is 9.67. The summed E-state index contributed by atoms with van der Waals surface area (Å²) in [6.07, 6.45) is -5.62. The average Bonchev–Trinajstić information content (AvgIpc) is 2.91. The summed E-state index contributed by atoms with van der Waals surface area (Å²) >= 11 is 0. The Balaban J connectivity index is 1.49. The lowest BCUT2D eigenvalue weighted by atomic mass is 10.00. The first kappa shape index (κ1) is 31.5. The maximum Gasteiger partial charge on any atom is 0.429 e. The van der Waals surface area contributed by atoms with Crippen molar-refractivity contribution in [1.82, 2.24) is 0 Å². The first-order valence-electron chi connectivity index (χ1n) is 13.1. The van der Waals surface area contributed by atoms with Crippen molar-refractivity contribution in [2.75, 3.05) is 0 Å². The fourth-order valence-corrected chi connectivity index (χ4v) is 4.29. The van der Waals surface area contributed by atoms with Crippen molar-refractivity contribution >= 4 is 0 Å². The van der Waals surface area contributed by atoms with Gasteiger partial charge in [0.15, 0.2) is 0 Å². The predicted molar refractivity (Wildman–Crippen MR) is 143 cm³/mol. The maximum absolute atomic E-state index is 14.8. The summed E-state index contributed by atoms with van der Waals surface area (Å²) in [5, 5.41) is 0. The molecule has 0 N–H and O–H groups in total. The van der Waals surface area contributed by atoms with Gasteiger partial charge in [-0.15, -0.1) is 0 Å². The number of aryl methyl sites for hydroxylation is 1. The molecule has 0 unspecified atom stereocenters. The highest BCUT2D eigenvalue weighted by atomic mass is 19.4. The van der Waals surface area contributed by atoms with Crippen molar-refractivity contribution in [3.63, 3.8) is 0 Å². The van der Waals surface area contributed by atoms with E-state index in [1.807, 2.05) is 24.3 Å². The van der Waals surface area contributed by atoms with Gasteiger partial charge in [-0.05, 0) is 59.9 Å². The first-order valence-corrected chi connectivity index (χ1v) is 13.1. The zero-order valence-electron chi connectivity index (χ0n) is 22.6. The zero-order valence-corrected chi connectivity index (χ0v) is 22.6. The molecule has 0 saturated heterocycles. The first-order chi connectivity index (χ1) is 20.3. The Kier molecular flexibility index (Phi) is 9.43. The fraction of sp³-hybridized carbons (Fsp3) is 0.212. The van der Waals surface area contributed by atoms with Gasteiger partial charge in [0.25, 0.3) is 0 Å². The molecule has 43 heavy (non-hydrogen) atoms. The molecule has 4 aromatic carbocycles. The molecule has 0 aliphatic carbocycles. The van der Waals surface area contributed by atoms with Gasteiger partial charge in [0, 0.05) is 17.7 Å². The van der Waals surface area contributed by atoms with Gasteiger partial charge >= 0.3 is 12.3 Å². The Morgan fingerprint density at radius 3 is 1.88 bits per heavy atom. The minimum atomic E-state index is -5.41. The summed E-state index contributed by atoms with van der Waals surface area (Å²) < 4.78 is 128. The molecule has 0 spiro atoms. The molecule has 0 atom stereocenters. The normalized spacial score (nSPS) is 11.7. The van der Waals surface area contributed by atoms with Gasteiger partial charge in [-0.3, -0.25) is 0 Å². The van der Waals surface area contributed by atoms with E-state index in [-0.39, 0.29) is 23.3 Å². The molecule has 0 bridgehead atoms. The number of hydrogen-bond donors (Lipinski definition) is 0. The van der Waals surface area contributed by atoms with Crippen LogP contribution in [0.2, 0.25) is 0 Å². The Morgan fingerprint density at radius 2 is 1.30 bits per heavy atom. The monoisotopic (exact) mass is 606 g/mol. The van der Waals surface area contributed by atoms with Crippen LogP contribution in [0.3, 0.4) is 0 Å². The van der Waals surface area contributed by atoms with Crippen LogP contribution >= 0.6 is 0 Å². The van der Waals surface area contributed by atoms with E-state index >= 15 is 0 Å². The topological polar surface area (TPSA) is 9.23 Å². The van der Waals surface area contributed by atoms with Gasteiger partial charge in [0.2, 0.25) is 0 Å². The third kappa shape index (κ3) is 7.72. The van der Waals surface area contributed by atoms with Gasteiger partial charge in [-0.25, -0.2) is 17.6 Å². The molecular formula is C33H23F9O. The summed E-state index contributed by atoms with van der Waals surface area (Å²) in [6, 6.07) is 14.2. The van der Waals surface area contributed by atoms with Crippen LogP contribution in [-0.2, 0) is 18.7 Å². The van der Waals surface area contributed by atoms with Crippen molar-refractivity contribution in [3.05, 3.63) is 124 Å². The molecule has 1 nitrogen and oxygen atoms in total. The smallest absolute Gasteiger partial charge is 0.429 e. The highest BCUT2D eigenvalue weighted by Crippen LogP contribution is 2.38. The van der Waals surface area contributed by atoms with Crippen molar-refractivity contribution in [2.45, 2.75) is 44.9 Å². The largest absolute Gasteiger partial charge is 0.429 e. The summed E-state index contributed by atoms with van der Waals surface area (Å²) in [5.41, 5.74) is -1.17. The molecule has 0 heterocycles. The van der Waals surface area contributed by atoms with E-state index in [0.717, 1.165) is 37.3 Å². The third-order valence-electron chi connectivity index (χ3n) is 6.49. The van der Waals surface area contributed by atoms with Crippen LogP contribution in [0.5, 0.6) is 5.75 Å². The quantitative estimate of drug-likeness (QED) is 0.110. The van der Waals surface area contributed by atoms with Crippen molar-refractivity contribution in [2.24, 2.45) is 0 Å². The average molecular weight is 607 g/mol. The number of unbranched alkanes of at least 4 members (excludes halogenated alkanes) is 2. The minimum Gasteiger partial charge on any atom is -0.429 e. The van der Waals surface area contributed by atoms with Crippen molar-refractivity contribution in [1.29, 1.82) is 0 Å². The molecule has 0 aliphatic heterocycles. The molecule has 0 saturated carbocycles. The van der Waals surface area contributed by atoms with E-state index in [0.29, 0.717) is 17.7 Å². The van der Waals surface area contributed by atoms with Gasteiger partial charge in [0.1, 0.15) is 40.1 Å². The second kappa shape index (κ2) is 12.9. The Morgan fingerprint density at radius 1 is 0.651 bits per heavy atom. The van der Waals surface area contributed by atoms with Crippen molar-refractivity contribution in [3.8, 4) is 28.7 Å². The summed E-state index contributed by atoms with van der Waals surface area (Å²) in [6.45, 7) is 2.13. The molecule has 0 aliphatic rings. The van der Waals surface area contributed by atoms with Crippen LogP contribution in [0.1, 0.15) is 54.0 Å². The summed E-state index contributed by atoms with van der Waals surface area (Å²) in [5.74, 6) is -2.84. The van der Waals surface area contributed by atoms with Crippen LogP contribution in [-0.4, -0.2) is 0 Å². The summed E-state index contributed by atoms with van der Waals surface area (Å²) in [7, 11) is 0. The number of alkyl halides is 5. The standard InChI is InChI=1S/C33H23F9O/c1-2-3-4-5-20-6-10-22(11-7-20)24-14-13-23(27(34)17-24)12-8-21-9-15-26(28(35)16-21)33(41,42)43-25-18-29(36)31(30(37)19-25)32(38,39)40/h6-7,9-11,13-19H,2-5H2,1H3. The van der Waals surface area contributed by atoms with E-state index in [4.69, 9.17) is 0 Å². The maximum atomic E-state index is 14.8. The van der Waals surface area contributed by atoms with E-state index in [9.17, 15) is 39.5 Å². The van der Waals surface area contributed by atoms with Crippen LogP contribution in [0.25, 0.3) is 11.1 Å². The molecule has 0 fully saturated rings. The van der Waals surface area contributed by atoms with Crippen molar-refractivity contribution < 1.29 is 44.3 Å². The lowest BCUT2D eigenvalue weighted by molar-refractivity contribution is -0.187. The number of rotatable bonds is 8. The molecule has 0 aromatic heterocycles. The molecule has 0 radical (unpaired) electrons. The van der Waals surface area contributed by atoms with Gasteiger partial charge in [-0.2, -0.15) is 22.0 Å². The highest BCUT2D eigenvalue weighted by molar-refractivity contribution is 5.65. The highest BCUT2D eigenvalue weighted by Gasteiger charge is 2.41. The second-order valence-electron chi connectivity index (χ2n) is 9.67. The molecule has 4 rings (SSSR count). The Bertz CT molecular complexity index is 1640. The van der Waals surface area contributed by atoms with Gasteiger partial charge < -0.3 is 4.74 Å². The lowest BCUT2D eigenvalue weighted by Gasteiger charge is -2.20. The van der Waals surface area contributed by atoms with Gasteiger partial charge in [0.05, 0.1) is 5.56 Å². The molecule has 4 aromatic rings. The van der Waals surface area contributed by atoms with E-state index < -0.39 is 52.4 Å². The summed E-state index contributed by atoms with van der Waals surface area (Å²) in [4.78, 5) is 0. The molecule has 0 amide bonds. The molecule has 10 heteroatoms. The predicted octanol–water partition coefficient (Wildman–Crippen LogP) is 10.2. The van der Waals surface area contributed by atoms with Gasteiger partial charge in [-0.1, -0.05) is 61.9 Å². The van der Waals surface area contributed by atoms with Crippen LogP contribution in [0.4, 0.5) is 39.5 Å². The number of hydrogen-bond acceptors (Lipinski definition) is 1.